The lowest BCUT2D eigenvalue weighted by Gasteiger charge is -1.90. The Morgan fingerprint density at radius 2 is 1.10 bits per heavy atom. The highest BCUT2D eigenvalue weighted by atomic mass is 16.1. The molecule has 0 amide bonds. The van der Waals surface area contributed by atoms with E-state index < -0.39 is 0 Å². The molecule has 0 saturated heterocycles. The molecule has 0 fully saturated rings. The molecule has 48 valence electrons. The van der Waals surface area contributed by atoms with Gasteiger partial charge in [-0.05, 0) is 24.3 Å². The third-order valence-corrected chi connectivity index (χ3v) is 1.62. The van der Waals surface area contributed by atoms with Gasteiger partial charge >= 0.3 is 0 Å². The first-order valence-electron chi connectivity index (χ1n) is 2.98. The van der Waals surface area contributed by atoms with Crippen molar-refractivity contribution in [2.45, 2.75) is 0 Å². The van der Waals surface area contributed by atoms with Crippen molar-refractivity contribution in [1.82, 2.24) is 0 Å². The zero-order chi connectivity index (χ0) is 7.14. The standard InChI is InChI=1S/C8H4O2/c9-7-3-4-8(10)6-2-1-5(6)7/h1-4H. The topological polar surface area (TPSA) is 34.1 Å². The van der Waals surface area contributed by atoms with Gasteiger partial charge in [0.15, 0.2) is 10.9 Å². The van der Waals surface area contributed by atoms with Gasteiger partial charge in [-0.25, -0.2) is 0 Å². The van der Waals surface area contributed by atoms with Crippen molar-refractivity contribution in [1.29, 1.82) is 0 Å². The molecule has 0 atom stereocenters. The quantitative estimate of drug-likeness (QED) is 0.506. The molecular formula is C8H4O2. The van der Waals surface area contributed by atoms with E-state index in [9.17, 15) is 9.59 Å². The summed E-state index contributed by atoms with van der Waals surface area (Å²) in [6.07, 6.45) is 0. The molecule has 0 spiro atoms. The molecule has 0 heterocycles. The lowest BCUT2D eigenvalue weighted by atomic mass is 10.1. The summed E-state index contributed by atoms with van der Waals surface area (Å²) in [5, 5.41) is 1.13. The fraction of sp³-hybridized carbons (Fsp3) is 0. The molecule has 0 aromatic rings. The number of rotatable bonds is 0. The second kappa shape index (κ2) is 1.53. The summed E-state index contributed by atoms with van der Waals surface area (Å²) in [5.41, 5.74) is -0.116. The van der Waals surface area contributed by atoms with Crippen molar-refractivity contribution in [3.8, 4) is 0 Å². The average molecular weight is 132 g/mol. The van der Waals surface area contributed by atoms with E-state index in [1.54, 1.807) is 12.1 Å². The zero-order valence-corrected chi connectivity index (χ0v) is 5.13. The fourth-order valence-electron chi connectivity index (χ4n) is 1.01. The first-order valence-corrected chi connectivity index (χ1v) is 2.98. The van der Waals surface area contributed by atoms with Crippen molar-refractivity contribution >= 4 is 0 Å². The van der Waals surface area contributed by atoms with Gasteiger partial charge in [-0.15, -0.1) is 0 Å². The molecule has 0 N–H and O–H groups in total. The maximum atomic E-state index is 10.9. The second-order valence-electron chi connectivity index (χ2n) is 2.22. The molecule has 2 aliphatic carbocycles. The minimum atomic E-state index is -0.0582. The Hall–Kier alpha value is -1.44. The van der Waals surface area contributed by atoms with Crippen molar-refractivity contribution in [3.63, 3.8) is 0 Å². The predicted molar refractivity (Wildman–Crippen MR) is 36.7 cm³/mol. The van der Waals surface area contributed by atoms with Crippen LogP contribution in [0.3, 0.4) is 0 Å². The van der Waals surface area contributed by atoms with Gasteiger partial charge in [-0.3, -0.25) is 9.59 Å². The van der Waals surface area contributed by atoms with E-state index >= 15 is 0 Å². The minimum absolute atomic E-state index is 0.0582. The Kier molecular flexibility index (Phi) is 0.822. The molecule has 0 aliphatic heterocycles. The largest absolute Gasteiger partial charge is 0.289 e. The van der Waals surface area contributed by atoms with Crippen LogP contribution in [-0.4, -0.2) is 0 Å². The van der Waals surface area contributed by atoms with Gasteiger partial charge in [0.1, 0.15) is 0 Å². The van der Waals surface area contributed by atoms with Gasteiger partial charge in [0.2, 0.25) is 0 Å². The van der Waals surface area contributed by atoms with Gasteiger partial charge < -0.3 is 0 Å². The number of hydrogen-bond acceptors (Lipinski definition) is 2. The fourth-order valence-corrected chi connectivity index (χ4v) is 1.01. The third-order valence-electron chi connectivity index (χ3n) is 1.62. The van der Waals surface area contributed by atoms with Crippen LogP contribution in [0.15, 0.2) is 33.9 Å². The van der Waals surface area contributed by atoms with Crippen LogP contribution in [-0.2, 0) is 0 Å². The molecule has 0 saturated carbocycles. The first-order chi connectivity index (χ1) is 4.79. The Labute approximate surface area is 56.1 Å². The zero-order valence-electron chi connectivity index (χ0n) is 5.13. The van der Waals surface area contributed by atoms with Crippen LogP contribution in [0.2, 0.25) is 0 Å². The van der Waals surface area contributed by atoms with Gasteiger partial charge in [0.05, 0.1) is 0 Å². The Morgan fingerprint density at radius 3 is 1.40 bits per heavy atom. The monoisotopic (exact) mass is 132 g/mol. The smallest absolute Gasteiger partial charge is 0.186 e. The summed E-state index contributed by atoms with van der Waals surface area (Å²) in [6.45, 7) is 0. The highest BCUT2D eigenvalue weighted by Crippen LogP contribution is 1.90. The minimum Gasteiger partial charge on any atom is -0.289 e. The lowest BCUT2D eigenvalue weighted by molar-refractivity contribution is 1.32. The van der Waals surface area contributed by atoms with E-state index in [1.165, 1.54) is 12.1 Å². The van der Waals surface area contributed by atoms with Crippen LogP contribution in [0, 0.1) is 10.4 Å². The molecular weight excluding hydrogens is 128 g/mol. The van der Waals surface area contributed by atoms with Crippen LogP contribution in [0.25, 0.3) is 0 Å². The maximum Gasteiger partial charge on any atom is 0.186 e. The summed E-state index contributed by atoms with van der Waals surface area (Å²) in [4.78, 5) is 21.7. The Balaban J connectivity index is 3.30. The van der Waals surface area contributed by atoms with E-state index in [0.29, 0.717) is 10.4 Å². The SMILES string of the molecule is O=c1ccc(=O)c2ccc1=2. The van der Waals surface area contributed by atoms with Crippen LogP contribution < -0.4 is 10.9 Å². The van der Waals surface area contributed by atoms with Crippen LogP contribution >= 0.6 is 0 Å². The van der Waals surface area contributed by atoms with E-state index in [2.05, 4.69) is 0 Å². The second-order valence-corrected chi connectivity index (χ2v) is 2.22. The predicted octanol–water partition coefficient (Wildman–Crippen LogP) is 0.00738. The average Bonchev–Trinajstić information content (AvgIpc) is 1.78. The van der Waals surface area contributed by atoms with Crippen molar-refractivity contribution in [2.24, 2.45) is 0 Å². The third kappa shape index (κ3) is 0.480. The first kappa shape index (κ1) is 5.35. The normalized spacial score (nSPS) is 10.8. The molecule has 2 nitrogen and oxygen atoms in total. The van der Waals surface area contributed by atoms with Crippen LogP contribution in [0.1, 0.15) is 0 Å². The molecule has 0 unspecified atom stereocenters. The van der Waals surface area contributed by atoms with E-state index in [0.717, 1.165) is 0 Å². The summed E-state index contributed by atoms with van der Waals surface area (Å²) in [5.74, 6) is 0. The summed E-state index contributed by atoms with van der Waals surface area (Å²) < 4.78 is 0. The molecule has 2 heteroatoms. The van der Waals surface area contributed by atoms with Gasteiger partial charge in [-0.2, -0.15) is 0 Å². The maximum absolute atomic E-state index is 10.9. The van der Waals surface area contributed by atoms with E-state index in [-0.39, 0.29) is 10.9 Å². The van der Waals surface area contributed by atoms with E-state index in [1.807, 2.05) is 0 Å². The summed E-state index contributed by atoms with van der Waals surface area (Å²) in [7, 11) is 0. The highest BCUT2D eigenvalue weighted by Gasteiger charge is 1.97. The molecule has 10 heavy (non-hydrogen) atoms. The van der Waals surface area contributed by atoms with Gasteiger partial charge in [-0.1, -0.05) is 0 Å². The van der Waals surface area contributed by atoms with Crippen LogP contribution in [0.4, 0.5) is 0 Å². The Morgan fingerprint density at radius 1 is 0.700 bits per heavy atom. The molecule has 0 radical (unpaired) electrons. The molecule has 0 aromatic heterocycles. The molecule has 0 aromatic carbocycles. The van der Waals surface area contributed by atoms with Gasteiger partial charge in [0.25, 0.3) is 0 Å². The van der Waals surface area contributed by atoms with Gasteiger partial charge in [0, 0.05) is 10.4 Å². The lowest BCUT2D eigenvalue weighted by Crippen LogP contribution is -2.13. The molecule has 2 aliphatic rings. The molecule has 2 rings (SSSR count). The Bertz CT molecular complexity index is 442. The van der Waals surface area contributed by atoms with Crippen molar-refractivity contribution in [3.05, 3.63) is 55.1 Å². The molecule has 0 bridgehead atoms. The van der Waals surface area contributed by atoms with Crippen molar-refractivity contribution < 1.29 is 0 Å². The highest BCUT2D eigenvalue weighted by molar-refractivity contribution is 5.19. The van der Waals surface area contributed by atoms with Crippen LogP contribution in [0.5, 0.6) is 0 Å². The van der Waals surface area contributed by atoms with Crippen molar-refractivity contribution in [2.75, 3.05) is 0 Å². The number of hydrogen-bond donors (Lipinski definition) is 0. The summed E-state index contributed by atoms with van der Waals surface area (Å²) >= 11 is 0. The summed E-state index contributed by atoms with van der Waals surface area (Å²) in [6, 6.07) is 5.95. The van der Waals surface area contributed by atoms with E-state index in [4.69, 9.17) is 0 Å².